The van der Waals surface area contributed by atoms with E-state index in [0.29, 0.717) is 6.42 Å². The molecule has 1 rings (SSSR count). The topological polar surface area (TPSA) is 55.1 Å². The molecule has 4 nitrogen and oxygen atoms in total. The quantitative estimate of drug-likeness (QED) is 0.915. The number of alkyl halides is 3. The van der Waals surface area contributed by atoms with Gasteiger partial charge in [-0.2, -0.15) is 18.3 Å². The molecule has 0 radical (unpaired) electrons. The molecule has 96 valence electrons. The molecule has 1 unspecified atom stereocenters. The van der Waals surface area contributed by atoms with Crippen LogP contribution in [0.2, 0.25) is 5.02 Å². The molecule has 0 saturated heterocycles. The Kier molecular flexibility index (Phi) is 4.03. The van der Waals surface area contributed by atoms with Gasteiger partial charge in [0.1, 0.15) is 6.04 Å². The molecule has 0 amide bonds. The molecule has 0 fully saturated rings. The summed E-state index contributed by atoms with van der Waals surface area (Å²) in [6.45, 7) is 1.73. The van der Waals surface area contributed by atoms with E-state index in [4.69, 9.17) is 16.7 Å². The van der Waals surface area contributed by atoms with Crippen molar-refractivity contribution in [2.24, 2.45) is 0 Å². The summed E-state index contributed by atoms with van der Waals surface area (Å²) in [5, 5.41) is 11.5. The van der Waals surface area contributed by atoms with Crippen molar-refractivity contribution in [3.05, 3.63) is 16.9 Å². The first-order valence-electron chi connectivity index (χ1n) is 4.82. The van der Waals surface area contributed by atoms with Crippen LogP contribution in [-0.4, -0.2) is 20.9 Å². The number of nitrogens with zero attached hydrogens (tertiary/aromatic N) is 2. The van der Waals surface area contributed by atoms with Gasteiger partial charge in [-0.15, -0.1) is 0 Å². The van der Waals surface area contributed by atoms with E-state index in [9.17, 15) is 18.0 Å². The molecule has 0 aromatic carbocycles. The Morgan fingerprint density at radius 1 is 1.65 bits per heavy atom. The number of aromatic nitrogens is 2. The Morgan fingerprint density at radius 2 is 2.24 bits per heavy atom. The number of rotatable bonds is 4. The number of carboxylic acid groups (broad SMARTS) is 1. The highest BCUT2D eigenvalue weighted by atomic mass is 35.5. The third kappa shape index (κ3) is 3.12. The number of hydrogen-bond donors (Lipinski definition) is 1. The molecule has 1 aromatic heterocycles. The zero-order valence-electron chi connectivity index (χ0n) is 8.83. The monoisotopic (exact) mass is 270 g/mol. The fraction of sp³-hybridized carbons (Fsp3) is 0.556. The van der Waals surface area contributed by atoms with Crippen molar-refractivity contribution in [1.82, 2.24) is 9.78 Å². The lowest BCUT2D eigenvalue weighted by Crippen LogP contribution is -2.20. The average molecular weight is 271 g/mol. The summed E-state index contributed by atoms with van der Waals surface area (Å²) in [5.41, 5.74) is -1.26. The maximum atomic E-state index is 12.4. The molecule has 0 bridgehead atoms. The second-order valence-electron chi connectivity index (χ2n) is 3.45. The van der Waals surface area contributed by atoms with Crippen LogP contribution in [0.3, 0.4) is 0 Å². The molecular weight excluding hydrogens is 261 g/mol. The van der Waals surface area contributed by atoms with Gasteiger partial charge in [0.15, 0.2) is 5.69 Å². The van der Waals surface area contributed by atoms with E-state index in [2.05, 4.69) is 5.10 Å². The van der Waals surface area contributed by atoms with Crippen LogP contribution < -0.4 is 0 Å². The average Bonchev–Trinajstić information content (AvgIpc) is 2.55. The molecule has 0 spiro atoms. The van der Waals surface area contributed by atoms with E-state index in [-0.39, 0.29) is 6.42 Å². The minimum atomic E-state index is -4.68. The summed E-state index contributed by atoms with van der Waals surface area (Å²) in [6, 6.07) is -1.13. The highest BCUT2D eigenvalue weighted by molar-refractivity contribution is 6.31. The minimum absolute atomic E-state index is 0.185. The fourth-order valence-electron chi connectivity index (χ4n) is 1.36. The Hall–Kier alpha value is -1.24. The lowest BCUT2D eigenvalue weighted by Gasteiger charge is -2.11. The smallest absolute Gasteiger partial charge is 0.436 e. The van der Waals surface area contributed by atoms with Crippen LogP contribution in [0.5, 0.6) is 0 Å². The van der Waals surface area contributed by atoms with E-state index < -0.39 is 28.9 Å². The van der Waals surface area contributed by atoms with Crippen LogP contribution in [0.4, 0.5) is 13.2 Å². The van der Waals surface area contributed by atoms with Gasteiger partial charge < -0.3 is 5.11 Å². The lowest BCUT2D eigenvalue weighted by atomic mass is 10.2. The summed E-state index contributed by atoms with van der Waals surface area (Å²) in [7, 11) is 0. The fourth-order valence-corrected chi connectivity index (χ4v) is 1.61. The van der Waals surface area contributed by atoms with Crippen molar-refractivity contribution < 1.29 is 23.1 Å². The van der Waals surface area contributed by atoms with E-state index in [0.717, 1.165) is 10.9 Å². The van der Waals surface area contributed by atoms with Crippen LogP contribution in [0.25, 0.3) is 0 Å². The molecule has 0 aliphatic rings. The van der Waals surface area contributed by atoms with Gasteiger partial charge in [0.25, 0.3) is 0 Å². The van der Waals surface area contributed by atoms with E-state index in [1.54, 1.807) is 6.92 Å². The van der Waals surface area contributed by atoms with Crippen molar-refractivity contribution in [2.45, 2.75) is 32.0 Å². The predicted octanol–water partition coefficient (Wildman–Crippen LogP) is 2.98. The molecule has 1 heterocycles. The first kappa shape index (κ1) is 13.8. The van der Waals surface area contributed by atoms with E-state index in [1.807, 2.05) is 0 Å². The largest absolute Gasteiger partial charge is 0.480 e. The normalized spacial score (nSPS) is 13.7. The highest BCUT2D eigenvalue weighted by Gasteiger charge is 2.38. The van der Waals surface area contributed by atoms with E-state index >= 15 is 0 Å². The summed E-state index contributed by atoms with van der Waals surface area (Å²) in [6.07, 6.45) is -3.10. The van der Waals surface area contributed by atoms with Gasteiger partial charge in [0.2, 0.25) is 0 Å². The summed E-state index contributed by atoms with van der Waals surface area (Å²) in [4.78, 5) is 10.9. The Balaban J connectivity index is 3.11. The van der Waals surface area contributed by atoms with Gasteiger partial charge in [0.05, 0.1) is 5.02 Å². The summed E-state index contributed by atoms with van der Waals surface area (Å²) in [5.74, 6) is -1.24. The number of carbonyl (C=O) groups is 1. The molecule has 1 atom stereocenters. The minimum Gasteiger partial charge on any atom is -0.480 e. The standard InChI is InChI=1S/C9H10ClF3N2O2/c1-2-3-6(8(16)17)15-4-5(10)7(14-15)9(11,12)13/h4,6H,2-3H2,1H3,(H,16,17). The van der Waals surface area contributed by atoms with Crippen LogP contribution in [-0.2, 0) is 11.0 Å². The van der Waals surface area contributed by atoms with Gasteiger partial charge in [-0.3, -0.25) is 4.68 Å². The highest BCUT2D eigenvalue weighted by Crippen LogP contribution is 2.34. The van der Waals surface area contributed by atoms with Gasteiger partial charge in [-0.05, 0) is 6.42 Å². The van der Waals surface area contributed by atoms with Crippen molar-refractivity contribution in [1.29, 1.82) is 0 Å². The lowest BCUT2D eigenvalue weighted by molar-refractivity contribution is -0.144. The molecule has 8 heteroatoms. The van der Waals surface area contributed by atoms with Crippen molar-refractivity contribution >= 4 is 17.6 Å². The number of carboxylic acids is 1. The SMILES string of the molecule is CCCC(C(=O)O)n1cc(Cl)c(C(F)(F)F)n1. The molecule has 1 N–H and O–H groups in total. The molecule has 0 aliphatic carbocycles. The van der Waals surface area contributed by atoms with Crippen LogP contribution >= 0.6 is 11.6 Å². The Bertz CT molecular complexity index is 417. The van der Waals surface area contributed by atoms with Crippen molar-refractivity contribution in [3.63, 3.8) is 0 Å². The van der Waals surface area contributed by atoms with Crippen LogP contribution in [0, 0.1) is 0 Å². The van der Waals surface area contributed by atoms with Gasteiger partial charge in [-0.1, -0.05) is 24.9 Å². The van der Waals surface area contributed by atoms with Gasteiger partial charge in [-0.25, -0.2) is 4.79 Å². The zero-order valence-corrected chi connectivity index (χ0v) is 9.59. The number of hydrogen-bond acceptors (Lipinski definition) is 2. The first-order chi connectivity index (χ1) is 7.77. The number of aliphatic carboxylic acids is 1. The third-order valence-corrected chi connectivity index (χ3v) is 2.40. The summed E-state index contributed by atoms with van der Waals surface area (Å²) >= 11 is 5.38. The molecule has 0 saturated carbocycles. The molecule has 17 heavy (non-hydrogen) atoms. The Morgan fingerprint density at radius 3 is 2.59 bits per heavy atom. The van der Waals surface area contributed by atoms with E-state index in [1.165, 1.54) is 0 Å². The first-order valence-corrected chi connectivity index (χ1v) is 5.19. The maximum absolute atomic E-state index is 12.4. The second kappa shape index (κ2) is 4.95. The van der Waals surface area contributed by atoms with Gasteiger partial charge in [0, 0.05) is 6.20 Å². The molecule has 0 aliphatic heterocycles. The third-order valence-electron chi connectivity index (χ3n) is 2.12. The maximum Gasteiger partial charge on any atom is 0.436 e. The Labute approximate surface area is 100.0 Å². The van der Waals surface area contributed by atoms with Crippen LogP contribution in [0.15, 0.2) is 6.20 Å². The number of halogens is 4. The molecule has 1 aromatic rings. The van der Waals surface area contributed by atoms with Crippen molar-refractivity contribution in [2.75, 3.05) is 0 Å². The van der Waals surface area contributed by atoms with Crippen LogP contribution in [0.1, 0.15) is 31.5 Å². The zero-order chi connectivity index (χ0) is 13.2. The molecular formula is C9H10ClF3N2O2. The summed E-state index contributed by atoms with van der Waals surface area (Å²) < 4.78 is 38.0. The van der Waals surface area contributed by atoms with Crippen molar-refractivity contribution in [3.8, 4) is 0 Å². The second-order valence-corrected chi connectivity index (χ2v) is 3.85. The predicted molar refractivity (Wildman–Crippen MR) is 53.8 cm³/mol. The van der Waals surface area contributed by atoms with Gasteiger partial charge >= 0.3 is 12.1 Å².